The van der Waals surface area contributed by atoms with Crippen LogP contribution in [0.2, 0.25) is 15.1 Å². The molecule has 0 atom stereocenters. The van der Waals surface area contributed by atoms with E-state index >= 15 is 0 Å². The minimum atomic E-state index is -0.459. The number of amides is 1. The first-order valence-corrected chi connectivity index (χ1v) is 10.7. The zero-order valence-corrected chi connectivity index (χ0v) is 19.1. The van der Waals surface area contributed by atoms with Crippen molar-refractivity contribution in [2.75, 3.05) is 5.32 Å². The molecule has 0 bridgehead atoms. The zero-order valence-electron chi connectivity index (χ0n) is 16.8. The Morgan fingerprint density at radius 2 is 1.91 bits per heavy atom. The SMILES string of the molecule is Cc1onc(C(=O)Nc2ccn(Cc3ccc(Cl)c(Cl)c3)n2)c1COc1ccccc1Cl. The fourth-order valence-electron chi connectivity index (χ4n) is 2.97. The predicted molar refractivity (Wildman–Crippen MR) is 123 cm³/mol. The lowest BCUT2D eigenvalue weighted by molar-refractivity contribution is 0.101. The third-order valence-electron chi connectivity index (χ3n) is 4.62. The lowest BCUT2D eigenvalue weighted by Crippen LogP contribution is -2.16. The van der Waals surface area contributed by atoms with Gasteiger partial charge in [0.05, 0.1) is 27.2 Å². The maximum Gasteiger partial charge on any atom is 0.279 e. The molecule has 0 fully saturated rings. The average molecular weight is 492 g/mol. The number of hydrogen-bond acceptors (Lipinski definition) is 5. The van der Waals surface area contributed by atoms with Crippen molar-refractivity contribution in [1.29, 1.82) is 0 Å². The molecule has 1 N–H and O–H groups in total. The molecule has 7 nitrogen and oxygen atoms in total. The highest BCUT2D eigenvalue weighted by Crippen LogP contribution is 2.26. The molecule has 0 saturated carbocycles. The summed E-state index contributed by atoms with van der Waals surface area (Å²) in [5, 5.41) is 12.4. The summed E-state index contributed by atoms with van der Waals surface area (Å²) in [4.78, 5) is 12.8. The Kier molecular flexibility index (Phi) is 6.69. The summed E-state index contributed by atoms with van der Waals surface area (Å²) in [6.07, 6.45) is 1.74. The van der Waals surface area contributed by atoms with Gasteiger partial charge in [0.1, 0.15) is 18.1 Å². The van der Waals surface area contributed by atoms with Crippen molar-refractivity contribution in [3.8, 4) is 5.75 Å². The summed E-state index contributed by atoms with van der Waals surface area (Å²) in [5.74, 6) is 0.891. The molecule has 0 aliphatic rings. The maximum absolute atomic E-state index is 12.8. The number of hydrogen-bond donors (Lipinski definition) is 1. The number of para-hydroxylation sites is 1. The van der Waals surface area contributed by atoms with Crippen LogP contribution in [0.3, 0.4) is 0 Å². The van der Waals surface area contributed by atoms with Gasteiger partial charge >= 0.3 is 0 Å². The van der Waals surface area contributed by atoms with Gasteiger partial charge in [-0.15, -0.1) is 0 Å². The van der Waals surface area contributed by atoms with Gasteiger partial charge in [-0.3, -0.25) is 9.48 Å². The third kappa shape index (κ3) is 5.07. The number of nitrogens with one attached hydrogen (secondary N) is 1. The van der Waals surface area contributed by atoms with Gasteiger partial charge in [0.15, 0.2) is 11.5 Å². The lowest BCUT2D eigenvalue weighted by Gasteiger charge is -2.08. The Morgan fingerprint density at radius 3 is 2.69 bits per heavy atom. The predicted octanol–water partition coefficient (Wildman–Crippen LogP) is 6.02. The number of anilines is 1. The standard InChI is InChI=1S/C22H17Cl3N4O3/c1-13-15(12-31-19-5-3-2-4-17(19)24)21(28-32-13)22(30)26-20-8-9-29(27-20)11-14-6-7-16(23)18(25)10-14/h2-10H,11-12H2,1H3,(H,26,27,30). The van der Waals surface area contributed by atoms with Crippen LogP contribution < -0.4 is 10.1 Å². The number of benzene rings is 2. The van der Waals surface area contributed by atoms with E-state index in [1.165, 1.54) is 0 Å². The molecule has 0 unspecified atom stereocenters. The highest BCUT2D eigenvalue weighted by molar-refractivity contribution is 6.42. The van der Waals surface area contributed by atoms with Crippen LogP contribution in [0.15, 0.2) is 59.3 Å². The Bertz CT molecular complexity index is 1270. The van der Waals surface area contributed by atoms with E-state index in [4.69, 9.17) is 44.1 Å². The zero-order chi connectivity index (χ0) is 22.7. The summed E-state index contributed by atoms with van der Waals surface area (Å²) in [5.41, 5.74) is 1.57. The molecule has 164 valence electrons. The molecule has 0 aliphatic heterocycles. The second kappa shape index (κ2) is 9.65. The Hall–Kier alpha value is -3.00. The van der Waals surface area contributed by atoms with Crippen LogP contribution in [0.1, 0.15) is 27.4 Å². The van der Waals surface area contributed by atoms with E-state index in [9.17, 15) is 4.79 Å². The van der Waals surface area contributed by atoms with Crippen molar-refractivity contribution in [1.82, 2.24) is 14.9 Å². The number of carbonyl (C=O) groups is 1. The van der Waals surface area contributed by atoms with Crippen LogP contribution in [0.5, 0.6) is 5.75 Å². The topological polar surface area (TPSA) is 82.2 Å². The second-order valence-electron chi connectivity index (χ2n) is 6.89. The van der Waals surface area contributed by atoms with Crippen LogP contribution in [-0.2, 0) is 13.2 Å². The van der Waals surface area contributed by atoms with Crippen LogP contribution in [0, 0.1) is 6.92 Å². The minimum Gasteiger partial charge on any atom is -0.487 e. The van der Waals surface area contributed by atoms with Crippen molar-refractivity contribution in [3.63, 3.8) is 0 Å². The minimum absolute atomic E-state index is 0.0770. The Labute approximate surface area is 198 Å². The highest BCUT2D eigenvalue weighted by Gasteiger charge is 2.21. The number of ether oxygens (including phenoxy) is 1. The summed E-state index contributed by atoms with van der Waals surface area (Å²) in [6, 6.07) is 14.1. The summed E-state index contributed by atoms with van der Waals surface area (Å²) in [6.45, 7) is 2.25. The number of aromatic nitrogens is 3. The van der Waals surface area contributed by atoms with Gasteiger partial charge in [0.25, 0.3) is 5.91 Å². The third-order valence-corrected chi connectivity index (χ3v) is 5.67. The van der Waals surface area contributed by atoms with E-state index in [1.807, 2.05) is 12.1 Å². The summed E-state index contributed by atoms with van der Waals surface area (Å²) < 4.78 is 12.6. The molecule has 0 saturated heterocycles. The fraction of sp³-hybridized carbons (Fsp3) is 0.136. The normalized spacial score (nSPS) is 10.9. The van der Waals surface area contributed by atoms with Crippen molar-refractivity contribution in [2.45, 2.75) is 20.1 Å². The van der Waals surface area contributed by atoms with E-state index < -0.39 is 5.91 Å². The van der Waals surface area contributed by atoms with Crippen LogP contribution >= 0.6 is 34.8 Å². The smallest absolute Gasteiger partial charge is 0.279 e. The van der Waals surface area contributed by atoms with Gasteiger partial charge in [-0.2, -0.15) is 5.10 Å². The molecule has 4 aromatic rings. The van der Waals surface area contributed by atoms with Gasteiger partial charge in [0, 0.05) is 12.3 Å². The van der Waals surface area contributed by atoms with Crippen LogP contribution in [0.4, 0.5) is 5.82 Å². The fourth-order valence-corrected chi connectivity index (χ4v) is 3.48. The Balaban J connectivity index is 1.43. The van der Waals surface area contributed by atoms with E-state index in [-0.39, 0.29) is 12.3 Å². The molecule has 1 amide bonds. The molecule has 4 rings (SSSR count). The number of aryl methyl sites for hydroxylation is 1. The van der Waals surface area contributed by atoms with Crippen LogP contribution in [0.25, 0.3) is 0 Å². The van der Waals surface area contributed by atoms with E-state index in [0.717, 1.165) is 5.56 Å². The van der Waals surface area contributed by atoms with Gasteiger partial charge in [-0.1, -0.05) is 58.2 Å². The van der Waals surface area contributed by atoms with Crippen molar-refractivity contribution >= 4 is 46.5 Å². The van der Waals surface area contributed by atoms with Crippen molar-refractivity contribution in [2.24, 2.45) is 0 Å². The molecular weight excluding hydrogens is 475 g/mol. The number of rotatable bonds is 7. The Morgan fingerprint density at radius 1 is 1.09 bits per heavy atom. The van der Waals surface area contributed by atoms with Gasteiger partial charge < -0.3 is 14.6 Å². The molecular formula is C22H17Cl3N4O3. The summed E-state index contributed by atoms with van der Waals surface area (Å²) >= 11 is 18.1. The van der Waals surface area contributed by atoms with E-state index in [2.05, 4.69) is 15.6 Å². The van der Waals surface area contributed by atoms with Gasteiger partial charge in [-0.05, 0) is 36.8 Å². The first kappa shape index (κ1) is 22.2. The number of carbonyl (C=O) groups excluding carboxylic acids is 1. The molecule has 0 radical (unpaired) electrons. The van der Waals surface area contributed by atoms with Gasteiger partial charge in [0.2, 0.25) is 0 Å². The number of nitrogens with zero attached hydrogens (tertiary/aromatic N) is 3. The van der Waals surface area contributed by atoms with E-state index in [1.54, 1.807) is 54.2 Å². The first-order valence-electron chi connectivity index (χ1n) is 9.52. The average Bonchev–Trinajstić information content (AvgIpc) is 3.36. The molecule has 10 heteroatoms. The lowest BCUT2D eigenvalue weighted by atomic mass is 10.2. The molecule has 0 spiro atoms. The molecule has 2 aromatic carbocycles. The van der Waals surface area contributed by atoms with Crippen molar-refractivity contribution < 1.29 is 14.1 Å². The highest BCUT2D eigenvalue weighted by atomic mass is 35.5. The molecule has 2 aromatic heterocycles. The van der Waals surface area contributed by atoms with Crippen molar-refractivity contribution in [3.05, 3.63) is 92.4 Å². The van der Waals surface area contributed by atoms with E-state index in [0.29, 0.717) is 44.5 Å². The monoisotopic (exact) mass is 490 g/mol. The maximum atomic E-state index is 12.8. The molecule has 2 heterocycles. The molecule has 32 heavy (non-hydrogen) atoms. The quantitative estimate of drug-likeness (QED) is 0.342. The van der Waals surface area contributed by atoms with Gasteiger partial charge in [-0.25, -0.2) is 0 Å². The first-order chi connectivity index (χ1) is 15.4. The second-order valence-corrected chi connectivity index (χ2v) is 8.11. The number of halogens is 3. The molecule has 0 aliphatic carbocycles. The van der Waals surface area contributed by atoms with Crippen LogP contribution in [-0.4, -0.2) is 20.8 Å². The largest absolute Gasteiger partial charge is 0.487 e. The summed E-state index contributed by atoms with van der Waals surface area (Å²) in [7, 11) is 0.